The molecule has 1 aliphatic carbocycles. The van der Waals surface area contributed by atoms with Crippen molar-refractivity contribution in [2.45, 2.75) is 57.6 Å². The van der Waals surface area contributed by atoms with E-state index in [1.165, 1.54) is 5.56 Å². The van der Waals surface area contributed by atoms with Gasteiger partial charge in [-0.2, -0.15) is 0 Å². The van der Waals surface area contributed by atoms with Crippen molar-refractivity contribution in [1.82, 2.24) is 5.32 Å². The predicted octanol–water partition coefficient (Wildman–Crippen LogP) is 2.44. The molecular formula is C15H23NO2. The van der Waals surface area contributed by atoms with Gasteiger partial charge in [0.25, 0.3) is 0 Å². The van der Waals surface area contributed by atoms with E-state index in [0.29, 0.717) is 6.04 Å². The summed E-state index contributed by atoms with van der Waals surface area (Å²) >= 11 is 0. The van der Waals surface area contributed by atoms with E-state index in [-0.39, 0.29) is 6.10 Å². The molecule has 3 heteroatoms. The largest absolute Gasteiger partial charge is 0.366 e. The van der Waals surface area contributed by atoms with Gasteiger partial charge in [-0.3, -0.25) is 0 Å². The molecular weight excluding hydrogens is 226 g/mol. The molecule has 0 aliphatic heterocycles. The van der Waals surface area contributed by atoms with Gasteiger partial charge < -0.3 is 15.2 Å². The van der Waals surface area contributed by atoms with Crippen LogP contribution in [0.4, 0.5) is 0 Å². The van der Waals surface area contributed by atoms with E-state index < -0.39 is 5.79 Å². The van der Waals surface area contributed by atoms with E-state index in [1.807, 2.05) is 6.07 Å². The number of aliphatic hydroxyl groups is 1. The van der Waals surface area contributed by atoms with E-state index in [2.05, 4.69) is 29.6 Å². The fraction of sp³-hybridized carbons (Fsp3) is 0.600. The van der Waals surface area contributed by atoms with E-state index >= 15 is 0 Å². The van der Waals surface area contributed by atoms with Gasteiger partial charge in [-0.15, -0.1) is 0 Å². The van der Waals surface area contributed by atoms with Crippen LogP contribution in [0.15, 0.2) is 30.3 Å². The summed E-state index contributed by atoms with van der Waals surface area (Å²) in [6.07, 6.45) is 3.30. The number of rotatable bonds is 5. The molecule has 0 saturated heterocycles. The Morgan fingerprint density at radius 3 is 2.67 bits per heavy atom. The molecule has 0 bridgehead atoms. The summed E-state index contributed by atoms with van der Waals surface area (Å²) in [4.78, 5) is 0. The van der Waals surface area contributed by atoms with Crippen LogP contribution in [-0.4, -0.2) is 23.0 Å². The molecule has 0 heterocycles. The third-order valence-electron chi connectivity index (χ3n) is 3.28. The number of nitrogens with one attached hydrogen (secondary N) is 1. The monoisotopic (exact) mass is 249 g/mol. The molecule has 100 valence electrons. The molecule has 18 heavy (non-hydrogen) atoms. The quantitative estimate of drug-likeness (QED) is 0.788. The standard InChI is InChI=1S/C15H23NO2/c1-15(2,17)18-14-9-8-13(10-14)16-11-12-6-4-3-5-7-12/h3-7,13-14,16-17H,8-11H2,1-2H3. The van der Waals surface area contributed by atoms with Crippen LogP contribution in [0.2, 0.25) is 0 Å². The zero-order valence-corrected chi connectivity index (χ0v) is 11.2. The Kier molecular flexibility index (Phi) is 4.38. The zero-order chi connectivity index (χ0) is 13.0. The highest BCUT2D eigenvalue weighted by atomic mass is 16.6. The third kappa shape index (κ3) is 4.41. The van der Waals surface area contributed by atoms with Crippen LogP contribution in [0, 0.1) is 0 Å². The first-order valence-corrected chi connectivity index (χ1v) is 6.70. The van der Waals surface area contributed by atoms with Crippen LogP contribution in [0.25, 0.3) is 0 Å². The van der Waals surface area contributed by atoms with Crippen LogP contribution in [-0.2, 0) is 11.3 Å². The molecule has 2 unspecified atom stereocenters. The Bertz CT molecular complexity index is 359. The van der Waals surface area contributed by atoms with Gasteiger partial charge in [0.1, 0.15) is 0 Å². The molecule has 2 N–H and O–H groups in total. The molecule has 1 aromatic carbocycles. The van der Waals surface area contributed by atoms with Crippen LogP contribution in [0.3, 0.4) is 0 Å². The van der Waals surface area contributed by atoms with Gasteiger partial charge in [-0.05, 0) is 38.7 Å². The molecule has 0 aromatic heterocycles. The Hall–Kier alpha value is -0.900. The highest BCUT2D eigenvalue weighted by Gasteiger charge is 2.29. The first-order chi connectivity index (χ1) is 8.53. The Balaban J connectivity index is 1.73. The number of hydrogen-bond acceptors (Lipinski definition) is 3. The molecule has 0 spiro atoms. The predicted molar refractivity (Wildman–Crippen MR) is 72.1 cm³/mol. The molecule has 3 nitrogen and oxygen atoms in total. The average molecular weight is 249 g/mol. The molecule has 2 rings (SSSR count). The number of ether oxygens (including phenoxy) is 1. The lowest BCUT2D eigenvalue weighted by Crippen LogP contribution is -2.31. The van der Waals surface area contributed by atoms with E-state index in [4.69, 9.17) is 4.74 Å². The molecule has 0 amide bonds. The molecule has 1 fully saturated rings. The minimum Gasteiger partial charge on any atom is -0.366 e. The van der Waals surface area contributed by atoms with Gasteiger partial charge in [-0.25, -0.2) is 0 Å². The second-order valence-corrected chi connectivity index (χ2v) is 5.56. The van der Waals surface area contributed by atoms with Gasteiger partial charge in [0.05, 0.1) is 6.10 Å². The fourth-order valence-electron chi connectivity index (χ4n) is 2.50. The van der Waals surface area contributed by atoms with Gasteiger partial charge in [0.2, 0.25) is 0 Å². The minimum atomic E-state index is -1.01. The second kappa shape index (κ2) is 5.83. The van der Waals surface area contributed by atoms with Crippen LogP contribution < -0.4 is 5.32 Å². The van der Waals surface area contributed by atoms with Gasteiger partial charge in [0.15, 0.2) is 5.79 Å². The highest BCUT2D eigenvalue weighted by molar-refractivity contribution is 5.14. The second-order valence-electron chi connectivity index (χ2n) is 5.56. The molecule has 1 aromatic rings. The molecule has 2 atom stereocenters. The summed E-state index contributed by atoms with van der Waals surface area (Å²) in [6.45, 7) is 4.29. The lowest BCUT2D eigenvalue weighted by atomic mass is 10.2. The minimum absolute atomic E-state index is 0.179. The zero-order valence-electron chi connectivity index (χ0n) is 11.2. The lowest BCUT2D eigenvalue weighted by molar-refractivity contribution is -0.203. The van der Waals surface area contributed by atoms with Crippen molar-refractivity contribution in [3.63, 3.8) is 0 Å². The Morgan fingerprint density at radius 1 is 1.28 bits per heavy atom. The first kappa shape index (κ1) is 13.5. The van der Waals surface area contributed by atoms with Crippen molar-refractivity contribution in [1.29, 1.82) is 0 Å². The Labute approximate surface area is 109 Å². The van der Waals surface area contributed by atoms with E-state index in [9.17, 15) is 5.11 Å². The maximum absolute atomic E-state index is 9.63. The molecule has 0 radical (unpaired) electrons. The van der Waals surface area contributed by atoms with Gasteiger partial charge >= 0.3 is 0 Å². The maximum atomic E-state index is 9.63. The summed E-state index contributed by atoms with van der Waals surface area (Å²) in [5.41, 5.74) is 1.31. The van der Waals surface area contributed by atoms with Crippen LogP contribution >= 0.6 is 0 Å². The molecule has 1 aliphatic rings. The smallest absolute Gasteiger partial charge is 0.160 e. The van der Waals surface area contributed by atoms with Crippen molar-refractivity contribution >= 4 is 0 Å². The molecule has 1 saturated carbocycles. The van der Waals surface area contributed by atoms with Crippen LogP contribution in [0.5, 0.6) is 0 Å². The summed E-state index contributed by atoms with van der Waals surface area (Å²) in [6, 6.07) is 10.9. The van der Waals surface area contributed by atoms with Crippen molar-refractivity contribution in [2.75, 3.05) is 0 Å². The Morgan fingerprint density at radius 2 is 2.00 bits per heavy atom. The summed E-state index contributed by atoms with van der Waals surface area (Å²) in [5, 5.41) is 13.2. The highest BCUT2D eigenvalue weighted by Crippen LogP contribution is 2.25. The summed E-state index contributed by atoms with van der Waals surface area (Å²) in [7, 11) is 0. The summed E-state index contributed by atoms with van der Waals surface area (Å²) in [5.74, 6) is -1.01. The van der Waals surface area contributed by atoms with Crippen molar-refractivity contribution < 1.29 is 9.84 Å². The lowest BCUT2D eigenvalue weighted by Gasteiger charge is -2.23. The normalized spacial score (nSPS) is 24.4. The average Bonchev–Trinajstić information content (AvgIpc) is 2.73. The number of benzene rings is 1. The van der Waals surface area contributed by atoms with Gasteiger partial charge in [0, 0.05) is 12.6 Å². The SMILES string of the molecule is CC(C)(O)OC1CCC(NCc2ccccc2)C1. The maximum Gasteiger partial charge on any atom is 0.160 e. The van der Waals surface area contributed by atoms with E-state index in [0.717, 1.165) is 25.8 Å². The number of hydrogen-bond donors (Lipinski definition) is 2. The van der Waals surface area contributed by atoms with Crippen LogP contribution in [0.1, 0.15) is 38.7 Å². The topological polar surface area (TPSA) is 41.5 Å². The first-order valence-electron chi connectivity index (χ1n) is 6.70. The van der Waals surface area contributed by atoms with Crippen molar-refractivity contribution in [2.24, 2.45) is 0 Å². The van der Waals surface area contributed by atoms with E-state index in [1.54, 1.807) is 13.8 Å². The fourth-order valence-corrected chi connectivity index (χ4v) is 2.50. The van der Waals surface area contributed by atoms with Crippen molar-refractivity contribution in [3.05, 3.63) is 35.9 Å². The van der Waals surface area contributed by atoms with Crippen molar-refractivity contribution in [3.8, 4) is 0 Å². The van der Waals surface area contributed by atoms with Gasteiger partial charge in [-0.1, -0.05) is 30.3 Å². The third-order valence-corrected chi connectivity index (χ3v) is 3.28. The summed E-state index contributed by atoms with van der Waals surface area (Å²) < 4.78 is 5.60.